The molecule has 0 spiro atoms. The second-order valence-corrected chi connectivity index (χ2v) is 9.21. The van der Waals surface area contributed by atoms with Crippen LogP contribution in [0.1, 0.15) is 48.5 Å². The summed E-state index contributed by atoms with van der Waals surface area (Å²) in [4.78, 5) is 13.0. The van der Waals surface area contributed by atoms with Gasteiger partial charge in [-0.1, -0.05) is 31.0 Å². The van der Waals surface area contributed by atoms with Gasteiger partial charge < -0.3 is 14.2 Å². The summed E-state index contributed by atoms with van der Waals surface area (Å²) in [6.07, 6.45) is 5.87. The molecule has 1 fully saturated rings. The number of methoxy groups -OCH3 is 1. The normalized spacial score (nSPS) is 15.9. The van der Waals surface area contributed by atoms with E-state index in [1.807, 2.05) is 24.3 Å². The lowest BCUT2D eigenvalue weighted by molar-refractivity contribution is 0.102. The minimum atomic E-state index is 0.0289. The number of Topliss-reactive ketones (excluding diaryl/α,β-unsaturated/α-hetero) is 1. The Morgan fingerprint density at radius 1 is 1.03 bits per heavy atom. The minimum Gasteiger partial charge on any atom is -0.497 e. The van der Waals surface area contributed by atoms with Crippen LogP contribution in [0.3, 0.4) is 0 Å². The second-order valence-electron chi connectivity index (χ2n) is 8.27. The largest absolute Gasteiger partial charge is 0.497 e. The summed E-state index contributed by atoms with van der Waals surface area (Å²) >= 11 is 1.45. The van der Waals surface area contributed by atoms with Crippen molar-refractivity contribution in [3.8, 4) is 28.6 Å². The molecule has 172 valence electrons. The zero-order valence-corrected chi connectivity index (χ0v) is 19.5. The number of hydrogen-bond donors (Lipinski definition) is 0. The third-order valence-corrected chi connectivity index (χ3v) is 7.09. The summed E-state index contributed by atoms with van der Waals surface area (Å²) in [6.45, 7) is 1.03. The Labute approximate surface area is 197 Å². The van der Waals surface area contributed by atoms with Crippen LogP contribution in [-0.4, -0.2) is 46.6 Å². The molecule has 0 radical (unpaired) electrons. The van der Waals surface area contributed by atoms with E-state index in [1.54, 1.807) is 25.3 Å². The number of carbonyl (C=O) groups excluding carboxylic acids is 1. The molecule has 8 heteroatoms. The number of fused-ring (bicyclic) bond motifs is 1. The summed E-state index contributed by atoms with van der Waals surface area (Å²) in [5.41, 5.74) is 1.62. The molecule has 1 saturated carbocycles. The maximum absolute atomic E-state index is 13.0. The van der Waals surface area contributed by atoms with Crippen molar-refractivity contribution in [2.75, 3.05) is 26.1 Å². The molecule has 1 aliphatic heterocycles. The number of rotatable bonds is 7. The van der Waals surface area contributed by atoms with E-state index in [0.717, 1.165) is 35.1 Å². The smallest absolute Gasteiger partial charge is 0.192 e. The van der Waals surface area contributed by atoms with Crippen LogP contribution in [0.4, 0.5) is 0 Å². The number of carbonyl (C=O) groups is 1. The fourth-order valence-electron chi connectivity index (χ4n) is 4.41. The Morgan fingerprint density at radius 3 is 2.55 bits per heavy atom. The topological polar surface area (TPSA) is 75.5 Å². The van der Waals surface area contributed by atoms with E-state index < -0.39 is 0 Å². The molecule has 3 aromatic rings. The number of aromatic nitrogens is 3. The van der Waals surface area contributed by atoms with Gasteiger partial charge in [0, 0.05) is 17.2 Å². The van der Waals surface area contributed by atoms with E-state index in [4.69, 9.17) is 14.2 Å². The van der Waals surface area contributed by atoms with E-state index >= 15 is 0 Å². The molecule has 0 saturated heterocycles. The third kappa shape index (κ3) is 4.71. The summed E-state index contributed by atoms with van der Waals surface area (Å²) in [6, 6.07) is 13.6. The highest BCUT2D eigenvalue weighted by Gasteiger charge is 2.25. The fraction of sp³-hybridized carbons (Fsp3) is 0.400. The first-order valence-electron chi connectivity index (χ1n) is 11.4. The summed E-state index contributed by atoms with van der Waals surface area (Å²) < 4.78 is 18.7. The Kier molecular flexibility index (Phi) is 6.53. The van der Waals surface area contributed by atoms with Crippen molar-refractivity contribution in [1.82, 2.24) is 14.8 Å². The molecule has 33 heavy (non-hydrogen) atoms. The van der Waals surface area contributed by atoms with Gasteiger partial charge in [0.25, 0.3) is 0 Å². The van der Waals surface area contributed by atoms with E-state index in [-0.39, 0.29) is 11.5 Å². The first kappa shape index (κ1) is 21.8. The SMILES string of the molecule is COc1ccc(-c2nnc(SCC(=O)c3ccc4c(c3)OCCO4)n2C2CCCCC2)cc1. The molecular weight excluding hydrogens is 438 g/mol. The first-order valence-corrected chi connectivity index (χ1v) is 12.4. The molecule has 0 amide bonds. The zero-order valence-electron chi connectivity index (χ0n) is 18.7. The van der Waals surface area contributed by atoms with Crippen LogP contribution in [0.2, 0.25) is 0 Å². The molecule has 0 bridgehead atoms. The molecule has 2 aromatic carbocycles. The lowest BCUT2D eigenvalue weighted by atomic mass is 9.95. The van der Waals surface area contributed by atoms with Gasteiger partial charge >= 0.3 is 0 Å². The van der Waals surface area contributed by atoms with Gasteiger partial charge in [0.15, 0.2) is 28.3 Å². The average Bonchev–Trinajstić information content (AvgIpc) is 3.31. The van der Waals surface area contributed by atoms with Crippen LogP contribution in [0.5, 0.6) is 17.2 Å². The van der Waals surface area contributed by atoms with Gasteiger partial charge in [-0.05, 0) is 55.3 Å². The maximum atomic E-state index is 13.0. The Balaban J connectivity index is 1.38. The van der Waals surface area contributed by atoms with E-state index in [0.29, 0.717) is 36.3 Å². The Morgan fingerprint density at radius 2 is 1.79 bits per heavy atom. The van der Waals surface area contributed by atoms with Crippen molar-refractivity contribution >= 4 is 17.5 Å². The Hall–Kier alpha value is -3.00. The molecule has 0 unspecified atom stereocenters. The second kappa shape index (κ2) is 9.87. The van der Waals surface area contributed by atoms with Crippen LogP contribution in [0.25, 0.3) is 11.4 Å². The number of ether oxygens (including phenoxy) is 3. The lowest BCUT2D eigenvalue weighted by Gasteiger charge is -2.25. The number of nitrogens with zero attached hydrogens (tertiary/aromatic N) is 3. The van der Waals surface area contributed by atoms with Crippen molar-refractivity contribution < 1.29 is 19.0 Å². The first-order chi connectivity index (χ1) is 16.2. The molecular formula is C25H27N3O4S. The summed E-state index contributed by atoms with van der Waals surface area (Å²) in [5.74, 6) is 3.28. The van der Waals surface area contributed by atoms with Crippen LogP contribution < -0.4 is 14.2 Å². The summed E-state index contributed by atoms with van der Waals surface area (Å²) in [5, 5.41) is 9.81. The van der Waals surface area contributed by atoms with Gasteiger partial charge in [0.2, 0.25) is 0 Å². The van der Waals surface area contributed by atoms with Crippen LogP contribution in [0.15, 0.2) is 47.6 Å². The van der Waals surface area contributed by atoms with E-state index in [9.17, 15) is 4.79 Å². The van der Waals surface area contributed by atoms with Crippen LogP contribution in [0, 0.1) is 0 Å². The van der Waals surface area contributed by atoms with Crippen LogP contribution >= 0.6 is 11.8 Å². The van der Waals surface area contributed by atoms with Crippen molar-refractivity contribution in [2.45, 2.75) is 43.3 Å². The highest BCUT2D eigenvalue weighted by Crippen LogP contribution is 2.36. The molecule has 1 aromatic heterocycles. The van der Waals surface area contributed by atoms with Gasteiger partial charge in [-0.2, -0.15) is 0 Å². The quantitative estimate of drug-likeness (QED) is 0.350. The molecule has 0 atom stereocenters. The van der Waals surface area contributed by atoms with Gasteiger partial charge in [0.05, 0.1) is 12.9 Å². The number of benzene rings is 2. The highest BCUT2D eigenvalue weighted by molar-refractivity contribution is 7.99. The van der Waals surface area contributed by atoms with Gasteiger partial charge in [0.1, 0.15) is 19.0 Å². The minimum absolute atomic E-state index is 0.0289. The van der Waals surface area contributed by atoms with Crippen molar-refractivity contribution in [2.24, 2.45) is 0 Å². The van der Waals surface area contributed by atoms with E-state index in [2.05, 4.69) is 14.8 Å². The predicted molar refractivity (Wildman–Crippen MR) is 127 cm³/mol. The third-order valence-electron chi connectivity index (χ3n) is 6.15. The maximum Gasteiger partial charge on any atom is 0.192 e. The number of ketones is 1. The molecule has 7 nitrogen and oxygen atoms in total. The van der Waals surface area contributed by atoms with Crippen molar-refractivity contribution in [3.63, 3.8) is 0 Å². The fourth-order valence-corrected chi connectivity index (χ4v) is 5.31. The van der Waals surface area contributed by atoms with E-state index in [1.165, 1.54) is 31.0 Å². The zero-order chi connectivity index (χ0) is 22.6. The average molecular weight is 466 g/mol. The predicted octanol–water partition coefficient (Wildman–Crippen LogP) is 5.21. The number of thioether (sulfide) groups is 1. The van der Waals surface area contributed by atoms with Crippen LogP contribution in [-0.2, 0) is 0 Å². The van der Waals surface area contributed by atoms with Gasteiger partial charge in [-0.3, -0.25) is 9.36 Å². The molecule has 0 N–H and O–H groups in total. The highest BCUT2D eigenvalue weighted by atomic mass is 32.2. The van der Waals surface area contributed by atoms with Crippen molar-refractivity contribution in [3.05, 3.63) is 48.0 Å². The van der Waals surface area contributed by atoms with Gasteiger partial charge in [-0.25, -0.2) is 0 Å². The molecule has 2 aliphatic rings. The lowest BCUT2D eigenvalue weighted by Crippen LogP contribution is -2.16. The summed E-state index contributed by atoms with van der Waals surface area (Å²) in [7, 11) is 1.66. The Bertz CT molecular complexity index is 1120. The van der Waals surface area contributed by atoms with Gasteiger partial charge in [-0.15, -0.1) is 10.2 Å². The molecule has 5 rings (SSSR count). The molecule has 2 heterocycles. The standard InChI is InChI=1S/C25H27N3O4S/c1-30-20-10-7-17(8-11-20)24-26-27-25(28(24)19-5-3-2-4-6-19)33-16-21(29)18-9-12-22-23(15-18)32-14-13-31-22/h7-12,15,19H,2-6,13-14,16H2,1H3. The number of hydrogen-bond acceptors (Lipinski definition) is 7. The van der Waals surface area contributed by atoms with Crippen molar-refractivity contribution in [1.29, 1.82) is 0 Å². The molecule has 1 aliphatic carbocycles. The monoisotopic (exact) mass is 465 g/mol.